The summed E-state index contributed by atoms with van der Waals surface area (Å²) in [5.74, 6) is 0.849. The molecular weight excluding hydrogens is 390 g/mol. The Balaban J connectivity index is 1.32. The molecule has 2 aromatic carbocycles. The molecule has 1 heterocycles. The molecule has 2 amide bonds. The monoisotopic (exact) mass is 415 g/mol. The Morgan fingerprint density at radius 3 is 2.39 bits per heavy atom. The summed E-state index contributed by atoms with van der Waals surface area (Å²) >= 11 is 0. The highest BCUT2D eigenvalue weighted by Crippen LogP contribution is 2.31. The molecule has 0 bridgehead atoms. The average molecular weight is 415 g/mol. The summed E-state index contributed by atoms with van der Waals surface area (Å²) in [6, 6.07) is 17.7. The second-order valence-corrected chi connectivity index (χ2v) is 8.40. The van der Waals surface area contributed by atoms with Crippen molar-refractivity contribution in [3.8, 4) is 11.5 Å². The van der Waals surface area contributed by atoms with E-state index in [0.717, 1.165) is 36.8 Å². The quantitative estimate of drug-likeness (QED) is 0.623. The van der Waals surface area contributed by atoms with E-state index in [1.165, 1.54) is 0 Å². The van der Waals surface area contributed by atoms with Gasteiger partial charge in [-0.2, -0.15) is 0 Å². The molecule has 158 valence electrons. The summed E-state index contributed by atoms with van der Waals surface area (Å²) in [6.07, 6.45) is 4.12. The van der Waals surface area contributed by atoms with Gasteiger partial charge < -0.3 is 14.6 Å². The lowest BCUT2D eigenvalue weighted by atomic mass is 10.1. The highest BCUT2D eigenvalue weighted by atomic mass is 16.4. The highest BCUT2D eigenvalue weighted by molar-refractivity contribution is 5.95. The van der Waals surface area contributed by atoms with Crippen LogP contribution in [0.2, 0.25) is 0 Å². The van der Waals surface area contributed by atoms with E-state index in [9.17, 15) is 9.59 Å². The van der Waals surface area contributed by atoms with Gasteiger partial charge in [0.15, 0.2) is 5.69 Å². The number of carbonyl (C=O) groups is 2. The fourth-order valence-electron chi connectivity index (χ4n) is 3.64. The Hall–Kier alpha value is -3.41. The zero-order chi connectivity index (χ0) is 21.4. The maximum absolute atomic E-state index is 13.3. The lowest BCUT2D eigenvalue weighted by molar-refractivity contribution is 0.0722. The number of nitrogens with zero attached hydrogens (tertiary/aromatic N) is 2. The number of hydrogen-bond donors (Lipinski definition) is 1. The van der Waals surface area contributed by atoms with Crippen molar-refractivity contribution in [2.75, 3.05) is 0 Å². The maximum atomic E-state index is 13.3. The number of amides is 2. The summed E-state index contributed by atoms with van der Waals surface area (Å²) in [7, 11) is 0. The van der Waals surface area contributed by atoms with Gasteiger partial charge in [0.2, 0.25) is 5.89 Å². The molecule has 2 aliphatic rings. The van der Waals surface area contributed by atoms with Crippen LogP contribution in [0.1, 0.15) is 57.9 Å². The summed E-state index contributed by atoms with van der Waals surface area (Å²) in [5.41, 5.74) is 2.86. The van der Waals surface area contributed by atoms with Gasteiger partial charge in [0.1, 0.15) is 5.76 Å². The van der Waals surface area contributed by atoms with Crippen molar-refractivity contribution in [3.63, 3.8) is 0 Å². The third-order valence-corrected chi connectivity index (χ3v) is 5.75. The number of aromatic nitrogens is 1. The first-order chi connectivity index (χ1) is 15.1. The van der Waals surface area contributed by atoms with E-state index in [-0.39, 0.29) is 17.9 Å². The Bertz CT molecular complexity index is 1100. The van der Waals surface area contributed by atoms with Gasteiger partial charge in [0.05, 0.1) is 0 Å². The smallest absolute Gasteiger partial charge is 0.276 e. The zero-order valence-corrected chi connectivity index (χ0v) is 17.5. The second kappa shape index (κ2) is 8.02. The molecule has 5 rings (SSSR count). The molecule has 0 radical (unpaired) electrons. The van der Waals surface area contributed by atoms with Gasteiger partial charge in [0.25, 0.3) is 11.8 Å². The van der Waals surface area contributed by atoms with Crippen LogP contribution in [0.25, 0.3) is 11.5 Å². The van der Waals surface area contributed by atoms with E-state index < -0.39 is 0 Å². The van der Waals surface area contributed by atoms with Crippen LogP contribution < -0.4 is 5.32 Å². The van der Waals surface area contributed by atoms with Gasteiger partial charge in [-0.15, -0.1) is 0 Å². The lowest BCUT2D eigenvalue weighted by Crippen LogP contribution is -2.33. The summed E-state index contributed by atoms with van der Waals surface area (Å²) in [4.78, 5) is 31.9. The van der Waals surface area contributed by atoms with Crippen molar-refractivity contribution in [2.45, 2.75) is 51.2 Å². The number of oxazole rings is 1. The molecule has 31 heavy (non-hydrogen) atoms. The Morgan fingerprint density at radius 2 is 1.74 bits per heavy atom. The van der Waals surface area contributed by atoms with E-state index in [1.54, 1.807) is 6.92 Å². The van der Waals surface area contributed by atoms with Crippen molar-refractivity contribution >= 4 is 11.8 Å². The number of aryl methyl sites for hydroxylation is 1. The van der Waals surface area contributed by atoms with Crippen molar-refractivity contribution < 1.29 is 14.0 Å². The first kappa shape index (κ1) is 19.5. The minimum Gasteiger partial charge on any atom is -0.441 e. The normalized spacial score (nSPS) is 15.5. The highest BCUT2D eigenvalue weighted by Gasteiger charge is 2.35. The number of carbonyl (C=O) groups excluding carboxylic acids is 2. The number of nitrogens with one attached hydrogen (secondary N) is 1. The molecule has 1 N–H and O–H groups in total. The van der Waals surface area contributed by atoms with Crippen molar-refractivity contribution in [2.24, 2.45) is 0 Å². The Labute approximate surface area is 181 Å². The van der Waals surface area contributed by atoms with Gasteiger partial charge in [-0.25, -0.2) is 4.98 Å². The largest absolute Gasteiger partial charge is 0.441 e. The molecule has 1 aromatic heterocycles. The van der Waals surface area contributed by atoms with E-state index in [0.29, 0.717) is 35.5 Å². The van der Waals surface area contributed by atoms with E-state index in [4.69, 9.17) is 4.42 Å². The summed E-state index contributed by atoms with van der Waals surface area (Å²) < 4.78 is 5.80. The van der Waals surface area contributed by atoms with Crippen molar-refractivity contribution in [1.82, 2.24) is 15.2 Å². The first-order valence-corrected chi connectivity index (χ1v) is 10.8. The molecule has 2 saturated carbocycles. The predicted octanol–water partition coefficient (Wildman–Crippen LogP) is 4.35. The zero-order valence-electron chi connectivity index (χ0n) is 17.5. The van der Waals surface area contributed by atoms with E-state index in [2.05, 4.69) is 10.3 Å². The maximum Gasteiger partial charge on any atom is 0.276 e. The molecule has 6 nitrogen and oxygen atoms in total. The minimum atomic E-state index is -0.110. The molecule has 0 saturated heterocycles. The van der Waals surface area contributed by atoms with Crippen LogP contribution in [-0.4, -0.2) is 33.8 Å². The summed E-state index contributed by atoms with van der Waals surface area (Å²) in [5, 5.41) is 3.00. The van der Waals surface area contributed by atoms with E-state index >= 15 is 0 Å². The van der Waals surface area contributed by atoms with Crippen LogP contribution in [0.5, 0.6) is 0 Å². The standard InChI is InChI=1S/C25H25N3O3/c1-16-22(27-24(31-16)19-5-3-2-4-6-19)25(30)28(21-13-14-21)15-17-7-9-18(10-8-17)23(29)26-20-11-12-20/h2-10,20-21H,11-15H2,1H3,(H,26,29). The number of hydrogen-bond acceptors (Lipinski definition) is 4. The molecular formula is C25H25N3O3. The fourth-order valence-corrected chi connectivity index (χ4v) is 3.64. The van der Waals surface area contributed by atoms with Crippen LogP contribution in [0, 0.1) is 6.92 Å². The minimum absolute atomic E-state index is 0.0316. The third-order valence-electron chi connectivity index (χ3n) is 5.75. The average Bonchev–Trinajstić information content (AvgIpc) is 3.72. The van der Waals surface area contributed by atoms with Crippen LogP contribution in [0.3, 0.4) is 0 Å². The lowest BCUT2D eigenvalue weighted by Gasteiger charge is -2.22. The van der Waals surface area contributed by atoms with Crippen LogP contribution >= 0.6 is 0 Å². The molecule has 0 atom stereocenters. The van der Waals surface area contributed by atoms with Crippen LogP contribution in [-0.2, 0) is 6.54 Å². The van der Waals surface area contributed by atoms with Gasteiger partial charge in [-0.1, -0.05) is 30.3 Å². The molecule has 2 aliphatic carbocycles. The number of benzene rings is 2. The van der Waals surface area contributed by atoms with Gasteiger partial charge in [-0.3, -0.25) is 9.59 Å². The van der Waals surface area contributed by atoms with Crippen molar-refractivity contribution in [1.29, 1.82) is 0 Å². The van der Waals surface area contributed by atoms with E-state index in [1.807, 2.05) is 59.5 Å². The molecule has 0 aliphatic heterocycles. The number of rotatable bonds is 7. The molecule has 2 fully saturated rings. The van der Waals surface area contributed by atoms with Gasteiger partial charge in [-0.05, 0) is 62.4 Å². The first-order valence-electron chi connectivity index (χ1n) is 10.8. The van der Waals surface area contributed by atoms with Crippen LogP contribution in [0.4, 0.5) is 0 Å². The molecule has 6 heteroatoms. The SMILES string of the molecule is Cc1oc(-c2ccccc2)nc1C(=O)N(Cc1ccc(C(=O)NC2CC2)cc1)C1CC1. The Morgan fingerprint density at radius 1 is 1.03 bits per heavy atom. The predicted molar refractivity (Wildman–Crippen MR) is 117 cm³/mol. The van der Waals surface area contributed by atoms with Crippen molar-refractivity contribution in [3.05, 3.63) is 77.2 Å². The Kier molecular flexibility index (Phi) is 5.06. The topological polar surface area (TPSA) is 75.4 Å². The fraction of sp³-hybridized carbons (Fsp3) is 0.320. The second-order valence-electron chi connectivity index (χ2n) is 8.40. The molecule has 3 aromatic rings. The summed E-state index contributed by atoms with van der Waals surface area (Å²) in [6.45, 7) is 2.27. The molecule has 0 spiro atoms. The third kappa shape index (κ3) is 4.38. The van der Waals surface area contributed by atoms with Gasteiger partial charge in [0, 0.05) is 29.8 Å². The molecule has 0 unspecified atom stereocenters. The van der Waals surface area contributed by atoms with Gasteiger partial charge >= 0.3 is 0 Å². The van der Waals surface area contributed by atoms with Crippen LogP contribution in [0.15, 0.2) is 59.0 Å².